The number of carboxylic acids is 1. The lowest BCUT2D eigenvalue weighted by Crippen LogP contribution is -2.26. The third kappa shape index (κ3) is 3.37. The van der Waals surface area contributed by atoms with Gasteiger partial charge in [0, 0.05) is 6.42 Å². The molecule has 0 aliphatic rings. The molecule has 0 aromatic carbocycles. The number of aliphatic carboxylic acids is 1. The Morgan fingerprint density at radius 3 is 2.00 bits per heavy atom. The van der Waals surface area contributed by atoms with Crippen LogP contribution in [0.15, 0.2) is 0 Å². The van der Waals surface area contributed by atoms with Crippen molar-refractivity contribution in [3.8, 4) is 0 Å². The third-order valence-corrected chi connectivity index (χ3v) is 3.47. The maximum Gasteiger partial charge on any atom is 0.303 e. The fourth-order valence-corrected chi connectivity index (χ4v) is 2.06. The van der Waals surface area contributed by atoms with Gasteiger partial charge >= 0.3 is 5.97 Å². The van der Waals surface area contributed by atoms with Crippen molar-refractivity contribution >= 4 is 5.97 Å². The maximum atomic E-state index is 10.5. The normalized spacial score (nSPS) is 12.1. The Hall–Kier alpha value is -0.530. The standard InChI is InChI=1S/C11H22O2/c1-5-11(6-2,9(3)4)8-7-10(12)13/h9H,5-8H2,1-4H3,(H,12,13). The van der Waals surface area contributed by atoms with E-state index >= 15 is 0 Å². The zero-order valence-electron chi connectivity index (χ0n) is 9.26. The lowest BCUT2D eigenvalue weighted by atomic mass is 9.70. The van der Waals surface area contributed by atoms with Gasteiger partial charge in [-0.25, -0.2) is 0 Å². The van der Waals surface area contributed by atoms with Crippen LogP contribution in [-0.4, -0.2) is 11.1 Å². The largest absolute Gasteiger partial charge is 0.481 e. The van der Waals surface area contributed by atoms with E-state index < -0.39 is 5.97 Å². The van der Waals surface area contributed by atoms with Gasteiger partial charge in [-0.05, 0) is 17.8 Å². The first-order valence-electron chi connectivity index (χ1n) is 5.20. The van der Waals surface area contributed by atoms with E-state index in [0.29, 0.717) is 12.3 Å². The van der Waals surface area contributed by atoms with E-state index in [1.165, 1.54) is 0 Å². The Bertz CT molecular complexity index is 157. The molecular weight excluding hydrogens is 164 g/mol. The number of carboxylic acid groups (broad SMARTS) is 1. The molecule has 0 saturated carbocycles. The van der Waals surface area contributed by atoms with Crippen LogP contribution in [0.1, 0.15) is 53.4 Å². The highest BCUT2D eigenvalue weighted by atomic mass is 16.4. The first kappa shape index (κ1) is 12.5. The summed E-state index contributed by atoms with van der Waals surface area (Å²) in [6.07, 6.45) is 3.27. The minimum absolute atomic E-state index is 0.235. The molecule has 0 aliphatic carbocycles. The van der Waals surface area contributed by atoms with Crippen molar-refractivity contribution in [1.82, 2.24) is 0 Å². The molecule has 1 N–H and O–H groups in total. The van der Waals surface area contributed by atoms with Crippen LogP contribution in [-0.2, 0) is 4.79 Å². The highest BCUT2D eigenvalue weighted by Gasteiger charge is 2.30. The van der Waals surface area contributed by atoms with Gasteiger partial charge in [-0.2, -0.15) is 0 Å². The second-order valence-corrected chi connectivity index (χ2v) is 4.12. The molecule has 0 fully saturated rings. The minimum Gasteiger partial charge on any atom is -0.481 e. The van der Waals surface area contributed by atoms with Crippen LogP contribution < -0.4 is 0 Å². The number of carbonyl (C=O) groups is 1. The molecule has 0 atom stereocenters. The number of hydrogen-bond donors (Lipinski definition) is 1. The van der Waals surface area contributed by atoms with Crippen LogP contribution in [0.2, 0.25) is 0 Å². The molecule has 0 aromatic heterocycles. The molecule has 0 aromatic rings. The summed E-state index contributed by atoms with van der Waals surface area (Å²) >= 11 is 0. The Kier molecular flexibility index (Phi) is 5.04. The zero-order chi connectivity index (χ0) is 10.5. The lowest BCUT2D eigenvalue weighted by molar-refractivity contribution is -0.137. The molecule has 13 heavy (non-hydrogen) atoms. The van der Waals surface area contributed by atoms with Gasteiger partial charge in [0.2, 0.25) is 0 Å². The van der Waals surface area contributed by atoms with Gasteiger partial charge in [0.15, 0.2) is 0 Å². The van der Waals surface area contributed by atoms with Crippen molar-refractivity contribution in [2.24, 2.45) is 11.3 Å². The smallest absolute Gasteiger partial charge is 0.303 e. The molecule has 2 heteroatoms. The van der Waals surface area contributed by atoms with Crippen molar-refractivity contribution in [1.29, 1.82) is 0 Å². The molecule has 0 heterocycles. The van der Waals surface area contributed by atoms with Crippen LogP contribution in [0.5, 0.6) is 0 Å². The maximum absolute atomic E-state index is 10.5. The number of rotatable bonds is 6. The summed E-state index contributed by atoms with van der Waals surface area (Å²) in [5, 5.41) is 8.65. The van der Waals surface area contributed by atoms with Gasteiger partial charge in [0.1, 0.15) is 0 Å². The Morgan fingerprint density at radius 1 is 1.31 bits per heavy atom. The topological polar surface area (TPSA) is 37.3 Å². The van der Waals surface area contributed by atoms with E-state index in [1.54, 1.807) is 0 Å². The fourth-order valence-electron chi connectivity index (χ4n) is 2.06. The monoisotopic (exact) mass is 186 g/mol. The van der Waals surface area contributed by atoms with Crippen LogP contribution in [0.25, 0.3) is 0 Å². The van der Waals surface area contributed by atoms with E-state index in [1.807, 2.05) is 0 Å². The van der Waals surface area contributed by atoms with Crippen molar-refractivity contribution < 1.29 is 9.90 Å². The average molecular weight is 186 g/mol. The summed E-state index contributed by atoms with van der Waals surface area (Å²) in [7, 11) is 0. The van der Waals surface area contributed by atoms with Crippen LogP contribution in [0, 0.1) is 11.3 Å². The van der Waals surface area contributed by atoms with E-state index in [2.05, 4.69) is 27.7 Å². The van der Waals surface area contributed by atoms with Gasteiger partial charge in [0.25, 0.3) is 0 Å². The molecule has 0 bridgehead atoms. The molecule has 0 rings (SSSR count). The predicted octanol–water partition coefficient (Wildman–Crippen LogP) is 3.31. The Morgan fingerprint density at radius 2 is 1.77 bits per heavy atom. The first-order valence-corrected chi connectivity index (χ1v) is 5.20. The summed E-state index contributed by atoms with van der Waals surface area (Å²) in [5.41, 5.74) is 0.235. The summed E-state index contributed by atoms with van der Waals surface area (Å²) in [5.74, 6) is -0.103. The Balaban J connectivity index is 4.30. The molecule has 2 nitrogen and oxygen atoms in total. The molecule has 0 unspecified atom stereocenters. The summed E-state index contributed by atoms with van der Waals surface area (Å²) in [6.45, 7) is 8.69. The van der Waals surface area contributed by atoms with E-state index in [-0.39, 0.29) is 5.41 Å². The molecule has 0 saturated heterocycles. The van der Waals surface area contributed by atoms with Gasteiger partial charge in [-0.3, -0.25) is 4.79 Å². The second kappa shape index (κ2) is 5.25. The van der Waals surface area contributed by atoms with Gasteiger partial charge in [0.05, 0.1) is 0 Å². The average Bonchev–Trinajstić information content (AvgIpc) is 2.06. The van der Waals surface area contributed by atoms with E-state index in [4.69, 9.17) is 5.11 Å². The van der Waals surface area contributed by atoms with Crippen molar-refractivity contribution in [2.45, 2.75) is 53.4 Å². The number of hydrogen-bond acceptors (Lipinski definition) is 1. The van der Waals surface area contributed by atoms with E-state index in [0.717, 1.165) is 19.3 Å². The summed E-state index contributed by atoms with van der Waals surface area (Å²) in [4.78, 5) is 10.5. The van der Waals surface area contributed by atoms with Crippen LogP contribution in [0.4, 0.5) is 0 Å². The highest BCUT2D eigenvalue weighted by molar-refractivity contribution is 5.66. The van der Waals surface area contributed by atoms with Crippen molar-refractivity contribution in [3.63, 3.8) is 0 Å². The van der Waals surface area contributed by atoms with Crippen LogP contribution >= 0.6 is 0 Å². The second-order valence-electron chi connectivity index (χ2n) is 4.12. The molecule has 0 spiro atoms. The van der Waals surface area contributed by atoms with E-state index in [9.17, 15) is 4.79 Å². The quantitative estimate of drug-likeness (QED) is 0.691. The summed E-state index contributed by atoms with van der Waals surface area (Å²) in [6, 6.07) is 0. The third-order valence-electron chi connectivity index (χ3n) is 3.47. The summed E-state index contributed by atoms with van der Waals surface area (Å²) < 4.78 is 0. The van der Waals surface area contributed by atoms with Gasteiger partial charge < -0.3 is 5.11 Å². The molecule has 0 amide bonds. The molecule has 0 radical (unpaired) electrons. The zero-order valence-corrected chi connectivity index (χ0v) is 9.26. The highest BCUT2D eigenvalue weighted by Crippen LogP contribution is 2.39. The predicted molar refractivity (Wildman–Crippen MR) is 54.7 cm³/mol. The van der Waals surface area contributed by atoms with Crippen molar-refractivity contribution in [3.05, 3.63) is 0 Å². The fraction of sp³-hybridized carbons (Fsp3) is 0.909. The molecular formula is C11H22O2. The Labute approximate surface area is 81.3 Å². The SMILES string of the molecule is CCC(CC)(CCC(=O)O)C(C)C. The van der Waals surface area contributed by atoms with Crippen molar-refractivity contribution in [2.75, 3.05) is 0 Å². The lowest BCUT2D eigenvalue weighted by Gasteiger charge is -2.35. The van der Waals surface area contributed by atoms with Gasteiger partial charge in [-0.15, -0.1) is 0 Å². The first-order chi connectivity index (χ1) is 5.98. The minimum atomic E-state index is -0.674. The van der Waals surface area contributed by atoms with Gasteiger partial charge in [-0.1, -0.05) is 40.5 Å². The van der Waals surface area contributed by atoms with Crippen LogP contribution in [0.3, 0.4) is 0 Å². The molecule has 0 aliphatic heterocycles. The molecule has 78 valence electrons.